The lowest BCUT2D eigenvalue weighted by Crippen LogP contribution is -2.39. The average Bonchev–Trinajstić information content (AvgIpc) is 2.87. The van der Waals surface area contributed by atoms with E-state index in [2.05, 4.69) is 15.0 Å². The molecule has 1 aliphatic rings. The van der Waals surface area contributed by atoms with E-state index in [4.69, 9.17) is 10.5 Å². The van der Waals surface area contributed by atoms with Crippen molar-refractivity contribution in [3.63, 3.8) is 0 Å². The Kier molecular flexibility index (Phi) is 6.05. The fourth-order valence-electron chi connectivity index (χ4n) is 4.27. The van der Waals surface area contributed by atoms with Gasteiger partial charge in [0.1, 0.15) is 5.82 Å². The number of aryl methyl sites for hydroxylation is 1. The molecule has 0 radical (unpaired) electrons. The molecule has 4 heterocycles. The van der Waals surface area contributed by atoms with Crippen molar-refractivity contribution >= 4 is 22.6 Å². The number of benzene rings is 1. The molecule has 0 bridgehead atoms. The number of hydrogen-bond acceptors (Lipinski definition) is 6. The van der Waals surface area contributed by atoms with Gasteiger partial charge in [0, 0.05) is 28.9 Å². The van der Waals surface area contributed by atoms with E-state index in [-0.39, 0.29) is 19.1 Å². The van der Waals surface area contributed by atoms with Crippen LogP contribution in [0.1, 0.15) is 44.5 Å². The van der Waals surface area contributed by atoms with Crippen LogP contribution >= 0.6 is 0 Å². The van der Waals surface area contributed by atoms with Gasteiger partial charge in [-0.15, -0.1) is 0 Å². The predicted molar refractivity (Wildman–Crippen MR) is 127 cm³/mol. The summed E-state index contributed by atoms with van der Waals surface area (Å²) in [5.41, 5.74) is 8.76. The molecule has 0 saturated heterocycles. The fourth-order valence-corrected chi connectivity index (χ4v) is 4.27. The minimum atomic E-state index is -4.50. The van der Waals surface area contributed by atoms with Gasteiger partial charge in [-0.05, 0) is 55.0 Å². The van der Waals surface area contributed by atoms with Crippen LogP contribution in [0.2, 0.25) is 0 Å². The summed E-state index contributed by atoms with van der Waals surface area (Å²) in [5.74, 6) is 0.0958. The van der Waals surface area contributed by atoms with Crippen molar-refractivity contribution in [2.24, 2.45) is 0 Å². The highest BCUT2D eigenvalue weighted by molar-refractivity contribution is 5.98. The van der Waals surface area contributed by atoms with Crippen LogP contribution in [0.15, 0.2) is 60.9 Å². The maximum atomic E-state index is 13.9. The smallest absolute Gasteiger partial charge is 0.383 e. The average molecular weight is 493 g/mol. The summed E-state index contributed by atoms with van der Waals surface area (Å²) >= 11 is 0. The summed E-state index contributed by atoms with van der Waals surface area (Å²) < 4.78 is 44.8. The number of hydrogen-bond donors (Lipinski definition) is 1. The van der Waals surface area contributed by atoms with Gasteiger partial charge in [0.2, 0.25) is 0 Å². The molecule has 7 nitrogen and oxygen atoms in total. The Morgan fingerprint density at radius 3 is 2.75 bits per heavy atom. The van der Waals surface area contributed by atoms with Crippen LogP contribution in [0.5, 0.6) is 0 Å². The zero-order chi connectivity index (χ0) is 25.4. The van der Waals surface area contributed by atoms with E-state index < -0.39 is 17.8 Å². The Morgan fingerprint density at radius 2 is 2.00 bits per heavy atom. The van der Waals surface area contributed by atoms with Crippen LogP contribution < -0.4 is 5.73 Å². The molecule has 0 fully saturated rings. The third-order valence-corrected chi connectivity index (χ3v) is 6.21. The van der Waals surface area contributed by atoms with Crippen LogP contribution in [0.25, 0.3) is 10.9 Å². The number of carbonyl (C=O) groups is 1. The van der Waals surface area contributed by atoms with Crippen molar-refractivity contribution in [2.45, 2.75) is 32.3 Å². The second-order valence-corrected chi connectivity index (χ2v) is 8.64. The van der Waals surface area contributed by atoms with E-state index in [9.17, 15) is 18.0 Å². The van der Waals surface area contributed by atoms with Gasteiger partial charge in [-0.25, -0.2) is 4.98 Å². The van der Waals surface area contributed by atoms with Crippen LogP contribution in [-0.2, 0) is 24.1 Å². The molecule has 1 aliphatic heterocycles. The van der Waals surface area contributed by atoms with Crippen molar-refractivity contribution in [1.82, 2.24) is 19.9 Å². The normalized spacial score (nSPS) is 15.5. The molecule has 0 saturated carbocycles. The van der Waals surface area contributed by atoms with Gasteiger partial charge >= 0.3 is 6.18 Å². The lowest BCUT2D eigenvalue weighted by atomic mass is 10.00. The minimum Gasteiger partial charge on any atom is -0.383 e. The van der Waals surface area contributed by atoms with E-state index in [1.807, 2.05) is 19.1 Å². The Hall–Kier alpha value is -4.05. The Balaban J connectivity index is 1.54. The number of pyridine rings is 3. The van der Waals surface area contributed by atoms with Gasteiger partial charge < -0.3 is 15.4 Å². The molecule has 5 rings (SSSR count). The van der Waals surface area contributed by atoms with Crippen LogP contribution in [0.3, 0.4) is 0 Å². The maximum absolute atomic E-state index is 13.9. The first kappa shape index (κ1) is 23.7. The fraction of sp³-hybridized carbons (Fsp3) is 0.231. The number of nitrogens with zero attached hydrogens (tertiary/aromatic N) is 4. The number of halogens is 3. The number of nitrogen functional groups attached to an aromatic ring is 1. The number of carbonyl (C=O) groups excluding carboxylic acids is 1. The van der Waals surface area contributed by atoms with Crippen LogP contribution in [0, 0.1) is 6.92 Å². The molecule has 0 spiro atoms. The van der Waals surface area contributed by atoms with E-state index in [1.54, 1.807) is 35.4 Å². The number of rotatable bonds is 4. The van der Waals surface area contributed by atoms with Crippen molar-refractivity contribution in [2.75, 3.05) is 12.3 Å². The van der Waals surface area contributed by atoms with Gasteiger partial charge in [-0.2, -0.15) is 13.2 Å². The Bertz CT molecular complexity index is 1440. The molecule has 0 aliphatic carbocycles. The van der Waals surface area contributed by atoms with Gasteiger partial charge in [-0.3, -0.25) is 14.8 Å². The summed E-state index contributed by atoms with van der Waals surface area (Å²) in [5, 5.41) is 0.752. The summed E-state index contributed by atoms with van der Waals surface area (Å²) in [7, 11) is 0. The van der Waals surface area contributed by atoms with Gasteiger partial charge in [-0.1, -0.05) is 6.07 Å². The minimum absolute atomic E-state index is 0.0175. The molecule has 4 aromatic rings. The first-order chi connectivity index (χ1) is 17.2. The van der Waals surface area contributed by atoms with Crippen molar-refractivity contribution in [3.8, 4) is 0 Å². The molecule has 1 aromatic carbocycles. The van der Waals surface area contributed by atoms with E-state index in [0.29, 0.717) is 34.9 Å². The van der Waals surface area contributed by atoms with Gasteiger partial charge in [0.25, 0.3) is 5.91 Å². The molecular formula is C26H22F3N5O2. The number of ether oxygens (including phenoxy) is 1. The van der Waals surface area contributed by atoms with Crippen LogP contribution in [-0.4, -0.2) is 32.4 Å². The van der Waals surface area contributed by atoms with E-state index >= 15 is 0 Å². The second kappa shape index (κ2) is 9.19. The zero-order valence-corrected chi connectivity index (χ0v) is 19.3. The summed E-state index contributed by atoms with van der Waals surface area (Å²) in [6.45, 7) is 2.35. The molecule has 0 unspecified atom stereocenters. The highest BCUT2D eigenvalue weighted by Gasteiger charge is 2.33. The standard InChI is InChI=1S/C26H22F3N5O2/c1-15-9-17-10-16(4-7-21(17)33-24(15)30)25(35)34(12-19-6-5-18(11-32-19)26(27,28)29)23-14-36-13-22-20(23)3-2-8-31-22/h2-11,23H,12-14H2,1H3,(H2,30,33)/t23-/m1/s1. The number of anilines is 1. The molecule has 36 heavy (non-hydrogen) atoms. The maximum Gasteiger partial charge on any atom is 0.417 e. The predicted octanol–water partition coefficient (Wildman–Crippen LogP) is 4.85. The number of alkyl halides is 3. The summed E-state index contributed by atoms with van der Waals surface area (Å²) in [6, 6.07) is 12.4. The molecule has 3 aromatic heterocycles. The van der Waals surface area contributed by atoms with Crippen LogP contribution in [0.4, 0.5) is 19.0 Å². The lowest BCUT2D eigenvalue weighted by Gasteiger charge is -2.35. The summed E-state index contributed by atoms with van der Waals surface area (Å²) in [4.78, 5) is 28.2. The number of aromatic nitrogens is 3. The second-order valence-electron chi connectivity index (χ2n) is 8.64. The third-order valence-electron chi connectivity index (χ3n) is 6.21. The zero-order valence-electron chi connectivity index (χ0n) is 19.3. The summed E-state index contributed by atoms with van der Waals surface area (Å²) in [6.07, 6.45) is -2.07. The SMILES string of the molecule is Cc1cc2cc(C(=O)N(Cc3ccc(C(F)(F)F)cn3)[C@@H]3COCc4ncccc43)ccc2nc1N. The van der Waals surface area contributed by atoms with Crippen molar-refractivity contribution in [3.05, 3.63) is 94.6 Å². The van der Waals surface area contributed by atoms with E-state index in [0.717, 1.165) is 28.8 Å². The molecular weight excluding hydrogens is 471 g/mol. The molecule has 10 heteroatoms. The molecule has 1 amide bonds. The topological polar surface area (TPSA) is 94.2 Å². The molecule has 1 atom stereocenters. The van der Waals surface area contributed by atoms with Crippen molar-refractivity contribution < 1.29 is 22.7 Å². The number of fused-ring (bicyclic) bond motifs is 2. The Labute approximate surface area is 204 Å². The largest absolute Gasteiger partial charge is 0.417 e. The van der Waals surface area contributed by atoms with E-state index in [1.165, 1.54) is 6.07 Å². The highest BCUT2D eigenvalue weighted by Crippen LogP contribution is 2.32. The number of nitrogens with two attached hydrogens (primary N) is 1. The Morgan fingerprint density at radius 1 is 1.17 bits per heavy atom. The first-order valence-electron chi connectivity index (χ1n) is 11.2. The first-order valence-corrected chi connectivity index (χ1v) is 11.2. The third kappa shape index (κ3) is 4.59. The molecule has 2 N–H and O–H groups in total. The highest BCUT2D eigenvalue weighted by atomic mass is 19.4. The quantitative estimate of drug-likeness (QED) is 0.437. The lowest BCUT2D eigenvalue weighted by molar-refractivity contribution is -0.137. The van der Waals surface area contributed by atoms with Gasteiger partial charge in [0.15, 0.2) is 0 Å². The van der Waals surface area contributed by atoms with Gasteiger partial charge in [0.05, 0.1) is 48.3 Å². The van der Waals surface area contributed by atoms with Crippen molar-refractivity contribution in [1.29, 1.82) is 0 Å². The monoisotopic (exact) mass is 493 g/mol. The number of amides is 1. The molecule has 184 valence electrons.